The third-order valence-corrected chi connectivity index (χ3v) is 6.16. The van der Waals surface area contributed by atoms with Gasteiger partial charge in [-0.05, 0) is 43.7 Å². The summed E-state index contributed by atoms with van der Waals surface area (Å²) in [6, 6.07) is 13.4. The standard InChI is InChI=1S/C24H28ClN3O3/c1-17-7-8-19(25)15-21(17)26-11-13-27(14-12-26)23(29)9-10-24(30)28-16-18(2)31-22-6-4-3-5-20(22)28/h3-8,15,18H,9-14,16H2,1-2H3/t18-/m1/s1. The van der Waals surface area contributed by atoms with Crippen LogP contribution >= 0.6 is 11.6 Å². The fourth-order valence-corrected chi connectivity index (χ4v) is 4.42. The van der Waals surface area contributed by atoms with E-state index in [1.54, 1.807) is 4.90 Å². The smallest absolute Gasteiger partial charge is 0.227 e. The lowest BCUT2D eigenvalue weighted by molar-refractivity contribution is -0.133. The number of fused-ring (bicyclic) bond motifs is 1. The van der Waals surface area contributed by atoms with Gasteiger partial charge in [0.15, 0.2) is 0 Å². The second-order valence-electron chi connectivity index (χ2n) is 8.20. The van der Waals surface area contributed by atoms with Gasteiger partial charge in [-0.2, -0.15) is 0 Å². The van der Waals surface area contributed by atoms with E-state index in [2.05, 4.69) is 11.8 Å². The van der Waals surface area contributed by atoms with Gasteiger partial charge in [0.05, 0.1) is 12.2 Å². The molecule has 2 amide bonds. The Bertz CT molecular complexity index is 972. The molecule has 0 radical (unpaired) electrons. The minimum Gasteiger partial charge on any atom is -0.487 e. The Labute approximate surface area is 188 Å². The number of nitrogens with zero attached hydrogens (tertiary/aromatic N) is 3. The Kier molecular flexibility index (Phi) is 6.37. The molecule has 0 unspecified atom stereocenters. The fourth-order valence-electron chi connectivity index (χ4n) is 4.25. The van der Waals surface area contributed by atoms with Gasteiger partial charge >= 0.3 is 0 Å². The van der Waals surface area contributed by atoms with Crippen molar-refractivity contribution in [2.24, 2.45) is 0 Å². The highest BCUT2D eigenvalue weighted by molar-refractivity contribution is 6.30. The van der Waals surface area contributed by atoms with Crippen LogP contribution in [0.2, 0.25) is 5.02 Å². The summed E-state index contributed by atoms with van der Waals surface area (Å²) >= 11 is 6.16. The molecule has 0 aliphatic carbocycles. The van der Waals surface area contributed by atoms with Crippen LogP contribution in [0.1, 0.15) is 25.3 Å². The molecule has 2 heterocycles. The van der Waals surface area contributed by atoms with Crippen molar-refractivity contribution in [2.75, 3.05) is 42.5 Å². The summed E-state index contributed by atoms with van der Waals surface area (Å²) in [7, 11) is 0. The predicted octanol–water partition coefficient (Wildman–Crippen LogP) is 3.89. The number of piperazine rings is 1. The number of ether oxygens (including phenoxy) is 1. The lowest BCUT2D eigenvalue weighted by Crippen LogP contribution is -2.49. The molecular weight excluding hydrogens is 414 g/mol. The van der Waals surface area contributed by atoms with Gasteiger partial charge in [-0.15, -0.1) is 0 Å². The van der Waals surface area contributed by atoms with Crippen molar-refractivity contribution in [3.8, 4) is 5.75 Å². The van der Waals surface area contributed by atoms with Crippen molar-refractivity contribution in [3.63, 3.8) is 0 Å². The average Bonchev–Trinajstić information content (AvgIpc) is 2.78. The zero-order chi connectivity index (χ0) is 22.0. The highest BCUT2D eigenvalue weighted by atomic mass is 35.5. The van der Waals surface area contributed by atoms with Gasteiger partial charge in [0.1, 0.15) is 11.9 Å². The molecule has 1 atom stereocenters. The highest BCUT2D eigenvalue weighted by Crippen LogP contribution is 2.33. The van der Waals surface area contributed by atoms with Gasteiger partial charge < -0.3 is 19.4 Å². The van der Waals surface area contributed by atoms with Gasteiger partial charge in [-0.1, -0.05) is 29.8 Å². The van der Waals surface area contributed by atoms with Gasteiger partial charge in [0.2, 0.25) is 11.8 Å². The van der Waals surface area contributed by atoms with Crippen molar-refractivity contribution in [1.29, 1.82) is 0 Å². The first-order valence-electron chi connectivity index (χ1n) is 10.8. The summed E-state index contributed by atoms with van der Waals surface area (Å²) < 4.78 is 5.81. The van der Waals surface area contributed by atoms with E-state index in [-0.39, 0.29) is 30.8 Å². The molecule has 31 heavy (non-hydrogen) atoms. The largest absolute Gasteiger partial charge is 0.487 e. The number of hydrogen-bond donors (Lipinski definition) is 0. The van der Waals surface area contributed by atoms with Crippen molar-refractivity contribution in [2.45, 2.75) is 32.8 Å². The van der Waals surface area contributed by atoms with Gasteiger partial charge in [0.25, 0.3) is 0 Å². The molecule has 2 aliphatic rings. The van der Waals surface area contributed by atoms with E-state index in [1.807, 2.05) is 54.3 Å². The second kappa shape index (κ2) is 9.18. The van der Waals surface area contributed by atoms with Crippen LogP contribution in [0.3, 0.4) is 0 Å². The van der Waals surface area contributed by atoms with Crippen LogP contribution in [-0.4, -0.2) is 55.5 Å². The number of hydrogen-bond acceptors (Lipinski definition) is 4. The number of carbonyl (C=O) groups is 2. The molecule has 6 nitrogen and oxygen atoms in total. The third kappa shape index (κ3) is 4.79. The number of benzene rings is 2. The number of rotatable bonds is 4. The first-order valence-corrected chi connectivity index (χ1v) is 11.1. The summed E-state index contributed by atoms with van der Waals surface area (Å²) in [4.78, 5) is 31.5. The Balaban J connectivity index is 1.31. The van der Waals surface area contributed by atoms with E-state index in [4.69, 9.17) is 16.3 Å². The number of para-hydroxylation sites is 2. The SMILES string of the molecule is Cc1ccc(Cl)cc1N1CCN(C(=O)CCC(=O)N2C[C@@H](C)Oc3ccccc32)CC1. The van der Waals surface area contributed by atoms with E-state index in [0.29, 0.717) is 25.4 Å². The molecule has 0 spiro atoms. The van der Waals surface area contributed by atoms with Crippen LogP contribution < -0.4 is 14.5 Å². The maximum atomic E-state index is 12.9. The molecule has 0 bridgehead atoms. The Morgan fingerprint density at radius 3 is 2.48 bits per heavy atom. The first-order chi connectivity index (χ1) is 14.9. The minimum absolute atomic E-state index is 0.0328. The Morgan fingerprint density at radius 2 is 1.71 bits per heavy atom. The highest BCUT2D eigenvalue weighted by Gasteiger charge is 2.28. The molecule has 2 aliphatic heterocycles. The molecular formula is C24H28ClN3O3. The normalized spacial score (nSPS) is 18.4. The number of halogens is 1. The molecule has 7 heteroatoms. The Morgan fingerprint density at radius 1 is 1.00 bits per heavy atom. The molecule has 0 N–H and O–H groups in total. The monoisotopic (exact) mass is 441 g/mol. The van der Waals surface area contributed by atoms with Crippen molar-refractivity contribution in [3.05, 3.63) is 53.1 Å². The van der Waals surface area contributed by atoms with Crippen LogP contribution in [0.4, 0.5) is 11.4 Å². The second-order valence-corrected chi connectivity index (χ2v) is 8.64. The number of amides is 2. The average molecular weight is 442 g/mol. The molecule has 2 aromatic rings. The molecule has 2 aromatic carbocycles. The molecule has 0 saturated carbocycles. The van der Waals surface area contributed by atoms with Gasteiger partial charge in [-0.25, -0.2) is 0 Å². The predicted molar refractivity (Wildman–Crippen MR) is 123 cm³/mol. The molecule has 164 valence electrons. The van der Waals surface area contributed by atoms with E-state index >= 15 is 0 Å². The fraction of sp³-hybridized carbons (Fsp3) is 0.417. The van der Waals surface area contributed by atoms with Crippen LogP contribution in [0.5, 0.6) is 5.75 Å². The zero-order valence-electron chi connectivity index (χ0n) is 18.0. The van der Waals surface area contributed by atoms with Crippen LogP contribution in [0, 0.1) is 6.92 Å². The Hall–Kier alpha value is -2.73. The quantitative estimate of drug-likeness (QED) is 0.722. The van der Waals surface area contributed by atoms with Crippen molar-refractivity contribution >= 4 is 34.8 Å². The maximum Gasteiger partial charge on any atom is 0.227 e. The summed E-state index contributed by atoms with van der Waals surface area (Å²) in [5.41, 5.74) is 3.08. The topological polar surface area (TPSA) is 53.1 Å². The molecule has 4 rings (SSSR count). The lowest BCUT2D eigenvalue weighted by atomic mass is 10.1. The molecule has 0 aromatic heterocycles. The summed E-state index contributed by atoms with van der Waals surface area (Å²) in [6.45, 7) is 7.33. The van der Waals surface area contributed by atoms with Crippen molar-refractivity contribution in [1.82, 2.24) is 4.90 Å². The van der Waals surface area contributed by atoms with Gasteiger partial charge in [0, 0.05) is 49.7 Å². The summed E-state index contributed by atoms with van der Waals surface area (Å²) in [5.74, 6) is 0.711. The maximum absolute atomic E-state index is 12.9. The molecule has 1 fully saturated rings. The summed E-state index contributed by atoms with van der Waals surface area (Å²) in [6.07, 6.45) is 0.355. The van der Waals surface area contributed by atoms with Crippen LogP contribution in [-0.2, 0) is 9.59 Å². The van der Waals surface area contributed by atoms with Crippen molar-refractivity contribution < 1.29 is 14.3 Å². The molecule has 1 saturated heterocycles. The van der Waals surface area contributed by atoms with E-state index in [1.165, 1.54) is 5.56 Å². The minimum atomic E-state index is -0.0717. The lowest BCUT2D eigenvalue weighted by Gasteiger charge is -2.37. The summed E-state index contributed by atoms with van der Waals surface area (Å²) in [5, 5.41) is 0.719. The third-order valence-electron chi connectivity index (χ3n) is 5.92. The van der Waals surface area contributed by atoms with E-state index in [9.17, 15) is 9.59 Å². The number of carbonyl (C=O) groups excluding carboxylic acids is 2. The van der Waals surface area contributed by atoms with Crippen LogP contribution in [0.15, 0.2) is 42.5 Å². The van der Waals surface area contributed by atoms with Gasteiger partial charge in [-0.3, -0.25) is 9.59 Å². The van der Waals surface area contributed by atoms with E-state index < -0.39 is 0 Å². The number of anilines is 2. The first kappa shape index (κ1) is 21.5. The zero-order valence-corrected chi connectivity index (χ0v) is 18.8. The number of aryl methyl sites for hydroxylation is 1. The van der Waals surface area contributed by atoms with E-state index in [0.717, 1.165) is 29.5 Å². The van der Waals surface area contributed by atoms with Crippen LogP contribution in [0.25, 0.3) is 0 Å².